The summed E-state index contributed by atoms with van der Waals surface area (Å²) >= 11 is 0. The minimum absolute atomic E-state index is 0.0478. The van der Waals surface area contributed by atoms with Gasteiger partial charge in [0.2, 0.25) is 11.9 Å². The smallest absolute Gasteiger partial charge is 0.230 e. The first-order chi connectivity index (χ1) is 10.7. The Balaban J connectivity index is 1.46. The van der Waals surface area contributed by atoms with Gasteiger partial charge in [-0.1, -0.05) is 24.3 Å². The molecule has 2 atom stereocenters. The van der Waals surface area contributed by atoms with Crippen molar-refractivity contribution in [2.45, 2.75) is 12.3 Å². The molecule has 0 bridgehead atoms. The number of imidazole rings is 1. The molecule has 1 aliphatic carbocycles. The summed E-state index contributed by atoms with van der Waals surface area (Å²) in [6.07, 6.45) is 0.789. The second-order valence-corrected chi connectivity index (χ2v) is 5.59. The number of rotatable bonds is 3. The van der Waals surface area contributed by atoms with Gasteiger partial charge in [-0.25, -0.2) is 9.37 Å². The topological polar surface area (TPSA) is 57.8 Å². The van der Waals surface area contributed by atoms with Crippen LogP contribution in [-0.2, 0) is 4.79 Å². The van der Waals surface area contributed by atoms with Gasteiger partial charge in [-0.15, -0.1) is 0 Å². The van der Waals surface area contributed by atoms with Crippen LogP contribution in [0.1, 0.15) is 17.9 Å². The second kappa shape index (κ2) is 4.94. The third-order valence-electron chi connectivity index (χ3n) is 4.06. The van der Waals surface area contributed by atoms with Gasteiger partial charge < -0.3 is 4.98 Å². The van der Waals surface area contributed by atoms with Crippen molar-refractivity contribution in [1.29, 1.82) is 0 Å². The number of nitrogens with zero attached hydrogens (tertiary/aromatic N) is 1. The SMILES string of the molecule is O=C(Nc1nc2ccccc2[nH]1)C1CC1c1ccc(F)cc1. The van der Waals surface area contributed by atoms with Gasteiger partial charge in [0.15, 0.2) is 0 Å². The van der Waals surface area contributed by atoms with E-state index in [1.807, 2.05) is 24.3 Å². The zero-order chi connectivity index (χ0) is 15.1. The minimum Gasteiger partial charge on any atom is -0.324 e. The van der Waals surface area contributed by atoms with Gasteiger partial charge in [-0.3, -0.25) is 10.1 Å². The highest BCUT2D eigenvalue weighted by molar-refractivity contribution is 5.95. The van der Waals surface area contributed by atoms with Gasteiger partial charge in [0.1, 0.15) is 5.82 Å². The molecule has 3 aromatic rings. The summed E-state index contributed by atoms with van der Waals surface area (Å²) in [6.45, 7) is 0. The Labute approximate surface area is 126 Å². The highest BCUT2D eigenvalue weighted by Crippen LogP contribution is 2.47. The Morgan fingerprint density at radius 2 is 1.95 bits per heavy atom. The lowest BCUT2D eigenvalue weighted by atomic mass is 10.1. The number of benzene rings is 2. The van der Waals surface area contributed by atoms with Gasteiger partial charge in [-0.05, 0) is 42.2 Å². The number of H-pyrrole nitrogens is 1. The molecule has 1 amide bonds. The van der Waals surface area contributed by atoms with Crippen molar-refractivity contribution in [1.82, 2.24) is 9.97 Å². The molecule has 1 aromatic heterocycles. The quantitative estimate of drug-likeness (QED) is 0.777. The molecule has 2 aromatic carbocycles. The molecule has 0 saturated heterocycles. The highest BCUT2D eigenvalue weighted by Gasteiger charge is 2.44. The van der Waals surface area contributed by atoms with Crippen LogP contribution in [0.15, 0.2) is 48.5 Å². The fourth-order valence-electron chi connectivity index (χ4n) is 2.78. The number of aromatic nitrogens is 2. The fraction of sp³-hybridized carbons (Fsp3) is 0.176. The number of anilines is 1. The minimum atomic E-state index is -0.257. The molecule has 4 rings (SSSR count). The van der Waals surface area contributed by atoms with E-state index in [-0.39, 0.29) is 23.6 Å². The molecule has 1 fully saturated rings. The van der Waals surface area contributed by atoms with Crippen molar-refractivity contribution < 1.29 is 9.18 Å². The van der Waals surface area contributed by atoms with Crippen molar-refractivity contribution in [3.63, 3.8) is 0 Å². The lowest BCUT2D eigenvalue weighted by Gasteiger charge is -2.02. The van der Waals surface area contributed by atoms with Crippen molar-refractivity contribution in [3.8, 4) is 0 Å². The van der Waals surface area contributed by atoms with Crippen molar-refractivity contribution >= 4 is 22.9 Å². The van der Waals surface area contributed by atoms with Crippen LogP contribution in [0.4, 0.5) is 10.3 Å². The third kappa shape index (κ3) is 2.35. The van der Waals surface area contributed by atoms with Crippen LogP contribution in [0.25, 0.3) is 11.0 Å². The van der Waals surface area contributed by atoms with Gasteiger partial charge >= 0.3 is 0 Å². The maximum Gasteiger partial charge on any atom is 0.230 e. The Morgan fingerprint density at radius 3 is 2.73 bits per heavy atom. The standard InChI is InChI=1S/C17H14FN3O/c18-11-7-5-10(6-8-11)12-9-13(12)16(22)21-17-19-14-3-1-2-4-15(14)20-17/h1-8,12-13H,9H2,(H2,19,20,21,22). The number of aromatic amines is 1. The normalized spacial score (nSPS) is 20.0. The Morgan fingerprint density at radius 1 is 1.18 bits per heavy atom. The summed E-state index contributed by atoms with van der Waals surface area (Å²) < 4.78 is 12.9. The molecule has 110 valence electrons. The number of para-hydroxylation sites is 2. The van der Waals surface area contributed by atoms with Crippen molar-refractivity contribution in [2.24, 2.45) is 5.92 Å². The molecule has 1 heterocycles. The zero-order valence-corrected chi connectivity index (χ0v) is 11.7. The molecule has 0 radical (unpaired) electrons. The maximum absolute atomic E-state index is 12.9. The summed E-state index contributed by atoms with van der Waals surface area (Å²) in [5.41, 5.74) is 2.72. The predicted molar refractivity (Wildman–Crippen MR) is 82.0 cm³/mol. The molecule has 5 heteroatoms. The maximum atomic E-state index is 12.9. The van der Waals surface area contributed by atoms with Crippen LogP contribution in [-0.4, -0.2) is 15.9 Å². The summed E-state index contributed by atoms with van der Waals surface area (Å²) in [7, 11) is 0. The van der Waals surface area contributed by atoms with E-state index >= 15 is 0 Å². The van der Waals surface area contributed by atoms with E-state index in [2.05, 4.69) is 15.3 Å². The molecule has 2 unspecified atom stereocenters. The average molecular weight is 295 g/mol. The highest BCUT2D eigenvalue weighted by atomic mass is 19.1. The Hall–Kier alpha value is -2.69. The van der Waals surface area contributed by atoms with E-state index in [9.17, 15) is 9.18 Å². The summed E-state index contributed by atoms with van der Waals surface area (Å²) in [5, 5.41) is 2.82. The molecule has 0 aliphatic heterocycles. The number of fused-ring (bicyclic) bond motifs is 1. The molecule has 1 saturated carbocycles. The zero-order valence-electron chi connectivity index (χ0n) is 11.7. The number of amides is 1. The van der Waals surface area contributed by atoms with Crippen molar-refractivity contribution in [2.75, 3.05) is 5.32 Å². The summed E-state index contributed by atoms with van der Waals surface area (Å²) in [5.74, 6) is 0.265. The van der Waals surface area contributed by atoms with Crippen LogP contribution in [0.3, 0.4) is 0 Å². The first-order valence-electron chi connectivity index (χ1n) is 7.22. The predicted octanol–water partition coefficient (Wildman–Crippen LogP) is 3.44. The largest absolute Gasteiger partial charge is 0.324 e. The van der Waals surface area contributed by atoms with E-state index in [1.165, 1.54) is 12.1 Å². The van der Waals surface area contributed by atoms with Gasteiger partial charge in [0, 0.05) is 5.92 Å². The molecule has 4 nitrogen and oxygen atoms in total. The number of hydrogen-bond acceptors (Lipinski definition) is 2. The molecule has 22 heavy (non-hydrogen) atoms. The molecule has 0 spiro atoms. The Kier molecular flexibility index (Phi) is 2.92. The van der Waals surface area contributed by atoms with Gasteiger partial charge in [0.25, 0.3) is 0 Å². The molecular formula is C17H14FN3O. The van der Waals surface area contributed by atoms with Crippen LogP contribution < -0.4 is 5.32 Å². The molecular weight excluding hydrogens is 281 g/mol. The monoisotopic (exact) mass is 295 g/mol. The van der Waals surface area contributed by atoms with E-state index in [0.29, 0.717) is 5.95 Å². The van der Waals surface area contributed by atoms with E-state index in [4.69, 9.17) is 0 Å². The van der Waals surface area contributed by atoms with Crippen molar-refractivity contribution in [3.05, 3.63) is 59.9 Å². The van der Waals surface area contributed by atoms with Crippen LogP contribution in [0.5, 0.6) is 0 Å². The first-order valence-corrected chi connectivity index (χ1v) is 7.22. The second-order valence-electron chi connectivity index (χ2n) is 5.59. The van der Waals surface area contributed by atoms with Gasteiger partial charge in [0.05, 0.1) is 11.0 Å². The fourth-order valence-corrected chi connectivity index (χ4v) is 2.78. The summed E-state index contributed by atoms with van der Waals surface area (Å²) in [4.78, 5) is 19.7. The van der Waals surface area contributed by atoms with E-state index < -0.39 is 0 Å². The number of hydrogen-bond donors (Lipinski definition) is 2. The van der Waals surface area contributed by atoms with Gasteiger partial charge in [-0.2, -0.15) is 0 Å². The lowest BCUT2D eigenvalue weighted by molar-refractivity contribution is -0.117. The van der Waals surface area contributed by atoms with E-state index in [1.54, 1.807) is 12.1 Å². The number of carbonyl (C=O) groups excluding carboxylic acids is 1. The number of carbonyl (C=O) groups is 1. The van der Waals surface area contributed by atoms with Crippen LogP contribution in [0.2, 0.25) is 0 Å². The first kappa shape index (κ1) is 13.0. The number of nitrogens with one attached hydrogen (secondary N) is 2. The van der Waals surface area contributed by atoms with Crippen LogP contribution in [0, 0.1) is 11.7 Å². The molecule has 1 aliphatic rings. The Bertz CT molecular complexity index is 807. The van der Waals surface area contributed by atoms with E-state index in [0.717, 1.165) is 23.0 Å². The average Bonchev–Trinajstić information content (AvgIpc) is 3.21. The third-order valence-corrected chi connectivity index (χ3v) is 4.06. The lowest BCUT2D eigenvalue weighted by Crippen LogP contribution is -2.15. The van der Waals surface area contributed by atoms with Crippen LogP contribution >= 0.6 is 0 Å². The summed E-state index contributed by atoms with van der Waals surface area (Å²) in [6, 6.07) is 14.0. The number of halogens is 1. The molecule has 2 N–H and O–H groups in total.